The zero-order valence-electron chi connectivity index (χ0n) is 30.7. The van der Waals surface area contributed by atoms with E-state index < -0.39 is 73.6 Å². The molecule has 2 unspecified atom stereocenters. The molecule has 0 spiro atoms. The molecule has 0 aliphatic carbocycles. The maximum atomic E-state index is 13.8. The van der Waals surface area contributed by atoms with Gasteiger partial charge in [-0.05, 0) is 104 Å². The number of hydrogen-bond donors (Lipinski definition) is 0. The van der Waals surface area contributed by atoms with E-state index in [2.05, 4.69) is 31.8 Å². The third kappa shape index (κ3) is 20.5. The Morgan fingerprint density at radius 3 is 1.45 bits per heavy atom. The Morgan fingerprint density at radius 1 is 0.532 bits per heavy atom. The van der Waals surface area contributed by atoms with Gasteiger partial charge in [0.05, 0.1) is 0 Å². The van der Waals surface area contributed by atoms with Gasteiger partial charge in [-0.15, -0.1) is 0 Å². The zero-order chi connectivity index (χ0) is 36.8. The van der Waals surface area contributed by atoms with Crippen LogP contribution in [0.1, 0.15) is 71.1 Å². The quantitative estimate of drug-likeness (QED) is 0.0379. The van der Waals surface area contributed by atoms with Crippen LogP contribution in [0.15, 0.2) is 12.2 Å². The van der Waals surface area contributed by atoms with Gasteiger partial charge in [0, 0.05) is 6.61 Å². The minimum Gasteiger partial charge on any atom is -0.437 e. The molecule has 0 aliphatic heterocycles. The van der Waals surface area contributed by atoms with Crippen molar-refractivity contribution >= 4 is 42.3 Å². The first-order chi connectivity index (χ1) is 21.1. The molecule has 17 heteroatoms. The van der Waals surface area contributed by atoms with Gasteiger partial charge < -0.3 is 21.2 Å². The Kier molecular flexibility index (Phi) is 19.7. The van der Waals surface area contributed by atoms with Crippen LogP contribution < -0.4 is 0 Å². The van der Waals surface area contributed by atoms with Crippen LogP contribution in [0, 0.1) is 0 Å². The minimum atomic E-state index is -6.39. The first kappa shape index (κ1) is 47.1. The summed E-state index contributed by atoms with van der Waals surface area (Å²) in [5.74, 6) is -11.6. The van der Waals surface area contributed by atoms with E-state index in [1.165, 1.54) is 32.1 Å². The second-order valence-electron chi connectivity index (χ2n) is 15.2. The molecule has 0 saturated carbocycles. The smallest absolute Gasteiger partial charge is 0.437 e. The summed E-state index contributed by atoms with van der Waals surface area (Å²) in [7, 11) is -12.8. The average Bonchev–Trinajstić information content (AvgIpc) is 2.82. The summed E-state index contributed by atoms with van der Waals surface area (Å²) in [5.41, 5.74) is 0. The minimum absolute atomic E-state index is 0.0694. The van der Waals surface area contributed by atoms with Crippen LogP contribution in [0.2, 0.25) is 77.6 Å². The first-order valence-corrected chi connectivity index (χ1v) is 31.6. The van der Waals surface area contributed by atoms with Crippen molar-refractivity contribution in [1.29, 1.82) is 0 Å². The van der Waals surface area contributed by atoms with Crippen molar-refractivity contribution in [2.45, 2.75) is 167 Å². The Balaban J connectivity index is 5.59. The molecule has 0 saturated heterocycles. The van der Waals surface area contributed by atoms with E-state index >= 15 is 0 Å². The summed E-state index contributed by atoms with van der Waals surface area (Å²) >= 11 is 0. The number of allylic oxidation sites excluding steroid dienone is 2. The number of hydrogen-bond acceptors (Lipinski definition) is 5. The van der Waals surface area contributed by atoms with E-state index in [-0.39, 0.29) is 12.5 Å². The average molecular weight is 777 g/mol. The number of rotatable bonds is 26. The molecule has 0 amide bonds. The van der Waals surface area contributed by atoms with E-state index in [0.717, 1.165) is 31.7 Å². The van der Waals surface area contributed by atoms with Crippen LogP contribution >= 0.6 is 0 Å². The van der Waals surface area contributed by atoms with E-state index in [1.54, 1.807) is 0 Å². The van der Waals surface area contributed by atoms with Gasteiger partial charge in [-0.25, -0.2) is 0 Å². The fraction of sp³-hybridized carbons (Fsp3) is 0.933. The molecule has 0 aromatic carbocycles. The third-order valence-corrected chi connectivity index (χ3v) is 25.2. The molecule has 0 rings (SSSR count). The summed E-state index contributed by atoms with van der Waals surface area (Å²) in [4.78, 5) is 0. The van der Waals surface area contributed by atoms with Crippen molar-refractivity contribution in [3.8, 4) is 0 Å². The molecular weight excluding hydrogens is 714 g/mol. The van der Waals surface area contributed by atoms with Gasteiger partial charge in [0.1, 0.15) is 6.61 Å². The molecule has 282 valence electrons. The van der Waals surface area contributed by atoms with Gasteiger partial charge >= 0.3 is 43.7 Å². The zero-order valence-corrected chi connectivity index (χ0v) is 35.7. The Bertz CT molecular complexity index is 915. The predicted molar refractivity (Wildman–Crippen MR) is 189 cm³/mol. The second kappa shape index (κ2) is 19.7. The monoisotopic (exact) mass is 776 g/mol. The summed E-state index contributed by atoms with van der Waals surface area (Å²) in [6.07, 6.45) is 8.28. The topological polar surface area (TPSA) is 46.2 Å². The number of ether oxygens (including phenoxy) is 1. The van der Waals surface area contributed by atoms with Gasteiger partial charge in [0.2, 0.25) is 0 Å². The molecule has 5 nitrogen and oxygen atoms in total. The molecule has 47 heavy (non-hydrogen) atoms. The number of alkyl halides is 7. The summed E-state index contributed by atoms with van der Waals surface area (Å²) in [6, 6.07) is 0.990. The van der Waals surface area contributed by atoms with Crippen molar-refractivity contribution in [2.75, 3.05) is 13.2 Å². The molecule has 0 aromatic heterocycles. The third-order valence-electron chi connectivity index (χ3n) is 6.97. The Hall–Kier alpha value is 0.134. The van der Waals surface area contributed by atoms with Crippen LogP contribution in [0.3, 0.4) is 0 Å². The highest BCUT2D eigenvalue weighted by molar-refractivity contribution is 6.90. The van der Waals surface area contributed by atoms with Crippen LogP contribution in [-0.2, 0) is 21.2 Å². The van der Waals surface area contributed by atoms with Crippen molar-refractivity contribution < 1.29 is 51.9 Å². The van der Waals surface area contributed by atoms with Gasteiger partial charge in [0.15, 0.2) is 16.6 Å². The van der Waals surface area contributed by atoms with Crippen molar-refractivity contribution in [1.82, 2.24) is 0 Å². The van der Waals surface area contributed by atoms with E-state index in [4.69, 9.17) is 21.2 Å². The molecule has 0 heterocycles. The Morgan fingerprint density at radius 2 is 0.979 bits per heavy atom. The van der Waals surface area contributed by atoms with Gasteiger partial charge in [-0.1, -0.05) is 57.1 Å². The maximum Gasteiger partial charge on any atom is 0.459 e. The van der Waals surface area contributed by atoms with Gasteiger partial charge in [-0.2, -0.15) is 30.7 Å². The fourth-order valence-electron chi connectivity index (χ4n) is 5.56. The first-order valence-electron chi connectivity index (χ1n) is 16.9. The lowest BCUT2D eigenvalue weighted by Gasteiger charge is -2.44. The highest BCUT2D eigenvalue weighted by Crippen LogP contribution is 2.46. The maximum absolute atomic E-state index is 13.8. The number of halogens is 7. The molecule has 0 aliphatic rings. The molecular formula is C30H63F7O5Si5. The molecule has 0 N–H and O–H groups in total. The van der Waals surface area contributed by atoms with Gasteiger partial charge in [-0.3, -0.25) is 0 Å². The standard InChI is InChI=1S/C30H63F7O5Si5/c1-12-13-14-15-16-17-18-19-20-21-22-25-46(10,40-44(5,6)7)42-47(11,41-45(8,9)39-43(2,3)4)26-23-24-38-27-28(31,32)29(33,34)30(35,36)37/h12-13H,14-27H2,1-11H3. The highest BCUT2D eigenvalue weighted by atomic mass is 28.5. The lowest BCUT2D eigenvalue weighted by Crippen LogP contribution is -2.60. The SMILES string of the molecule is CC=CCCCCCCCCCC[Si](C)(O[Si](C)(C)C)O[Si](C)(CCCOCC(F)(F)C(F)(F)C(F)(F)F)O[Si](C)(C)O[Si](C)(C)C. The van der Waals surface area contributed by atoms with Crippen LogP contribution in [0.5, 0.6) is 0 Å². The molecule has 0 fully saturated rings. The summed E-state index contributed by atoms with van der Waals surface area (Å²) in [6.45, 7) is 19.7. The fourth-order valence-corrected chi connectivity index (χ4v) is 29.4. The van der Waals surface area contributed by atoms with E-state index in [9.17, 15) is 30.7 Å². The largest absolute Gasteiger partial charge is 0.459 e. The summed E-state index contributed by atoms with van der Waals surface area (Å²) in [5, 5.41) is 0. The second-order valence-corrected chi connectivity index (χ2v) is 35.2. The molecule has 0 radical (unpaired) electrons. The number of unbranched alkanes of at least 4 members (excludes halogenated alkanes) is 8. The van der Waals surface area contributed by atoms with Crippen molar-refractivity contribution in [3.05, 3.63) is 12.2 Å². The van der Waals surface area contributed by atoms with E-state index in [0.29, 0.717) is 0 Å². The molecule has 0 aromatic rings. The van der Waals surface area contributed by atoms with Crippen molar-refractivity contribution in [2.24, 2.45) is 0 Å². The van der Waals surface area contributed by atoms with Gasteiger partial charge in [0.25, 0.3) is 0 Å². The van der Waals surface area contributed by atoms with Crippen molar-refractivity contribution in [3.63, 3.8) is 0 Å². The highest BCUT2D eigenvalue weighted by Gasteiger charge is 2.73. The lowest BCUT2D eigenvalue weighted by atomic mass is 10.1. The van der Waals surface area contributed by atoms with Crippen LogP contribution in [-0.4, -0.2) is 73.6 Å². The molecule has 0 bridgehead atoms. The van der Waals surface area contributed by atoms with Crippen LogP contribution in [0.4, 0.5) is 30.7 Å². The Labute approximate surface area is 285 Å². The predicted octanol–water partition coefficient (Wildman–Crippen LogP) is 11.9. The lowest BCUT2D eigenvalue weighted by molar-refractivity contribution is -0.361. The normalized spacial score (nSPS) is 16.9. The van der Waals surface area contributed by atoms with Crippen LogP contribution in [0.25, 0.3) is 0 Å². The summed E-state index contributed by atoms with van der Waals surface area (Å²) < 4.78 is 123. The van der Waals surface area contributed by atoms with E-state index in [1.807, 2.05) is 52.8 Å². The molecule has 2 atom stereocenters.